The van der Waals surface area contributed by atoms with Gasteiger partial charge in [0.1, 0.15) is 11.2 Å². The summed E-state index contributed by atoms with van der Waals surface area (Å²) in [5, 5.41) is 10.5. The maximum Gasteiger partial charge on any atom is 0.416 e. The zero-order chi connectivity index (χ0) is 20.9. The van der Waals surface area contributed by atoms with Crippen LogP contribution in [0, 0.1) is 11.8 Å². The number of likely N-dealkylation sites (tertiary alicyclic amines) is 1. The number of hydrogen-bond donors (Lipinski definition) is 1. The molecule has 7 heteroatoms. The Hall–Kier alpha value is -2.20. The lowest BCUT2D eigenvalue weighted by Gasteiger charge is -2.24. The molecule has 0 saturated carbocycles. The first-order valence-corrected chi connectivity index (χ1v) is 8.79. The van der Waals surface area contributed by atoms with Gasteiger partial charge in [-0.25, -0.2) is 4.79 Å². The minimum Gasteiger partial charge on any atom is -0.444 e. The molecule has 0 aromatic heterocycles. The van der Waals surface area contributed by atoms with Crippen molar-refractivity contribution >= 4 is 6.09 Å². The summed E-state index contributed by atoms with van der Waals surface area (Å²) < 4.78 is 42.8. The highest BCUT2D eigenvalue weighted by Crippen LogP contribution is 2.29. The lowest BCUT2D eigenvalue weighted by atomic mass is 10.0. The van der Waals surface area contributed by atoms with Gasteiger partial charge in [0.25, 0.3) is 0 Å². The average molecular weight is 385 g/mol. The number of carbonyl (C=O) groups is 1. The van der Waals surface area contributed by atoms with Gasteiger partial charge in [0.15, 0.2) is 0 Å². The largest absolute Gasteiger partial charge is 0.444 e. The van der Waals surface area contributed by atoms with E-state index in [1.165, 1.54) is 17.0 Å². The van der Waals surface area contributed by atoms with Crippen LogP contribution in [-0.4, -0.2) is 40.4 Å². The molecule has 1 N–H and O–H groups in total. The van der Waals surface area contributed by atoms with Gasteiger partial charge < -0.3 is 14.7 Å². The Morgan fingerprint density at radius 3 is 2.22 bits per heavy atom. The maximum atomic E-state index is 12.5. The summed E-state index contributed by atoms with van der Waals surface area (Å²) in [6.07, 6.45) is -4.68. The van der Waals surface area contributed by atoms with Crippen LogP contribution in [0.25, 0.3) is 0 Å². The van der Waals surface area contributed by atoms with Crippen molar-refractivity contribution in [1.29, 1.82) is 0 Å². The molecule has 0 aliphatic carbocycles. The Labute approximate surface area is 158 Å². The van der Waals surface area contributed by atoms with Gasteiger partial charge in [-0.15, -0.1) is 0 Å². The average Bonchev–Trinajstić information content (AvgIpc) is 2.96. The van der Waals surface area contributed by atoms with Crippen LogP contribution in [0.15, 0.2) is 24.3 Å². The second-order valence-electron chi connectivity index (χ2n) is 7.01. The molecular weight excluding hydrogens is 359 g/mol. The van der Waals surface area contributed by atoms with E-state index in [0.29, 0.717) is 12.1 Å². The van der Waals surface area contributed by atoms with Crippen LogP contribution in [0.5, 0.6) is 0 Å². The fraction of sp³-hybridized carbons (Fsp3) is 0.550. The predicted molar refractivity (Wildman–Crippen MR) is 97.0 cm³/mol. The number of nitrogens with zero attached hydrogens (tertiary/aromatic N) is 1. The normalized spacial score (nSPS) is 19.5. The number of ether oxygens (including phenoxy) is 1. The fourth-order valence-corrected chi connectivity index (χ4v) is 2.31. The minimum absolute atomic E-state index is 0.00442. The van der Waals surface area contributed by atoms with Gasteiger partial charge >= 0.3 is 12.3 Å². The molecule has 27 heavy (non-hydrogen) atoms. The van der Waals surface area contributed by atoms with Crippen molar-refractivity contribution in [2.45, 2.75) is 58.4 Å². The third-order valence-corrected chi connectivity index (χ3v) is 3.55. The second kappa shape index (κ2) is 8.66. The molecule has 1 heterocycles. The van der Waals surface area contributed by atoms with Crippen LogP contribution < -0.4 is 0 Å². The zero-order valence-corrected chi connectivity index (χ0v) is 16.3. The Morgan fingerprint density at radius 1 is 1.19 bits per heavy atom. The van der Waals surface area contributed by atoms with E-state index in [4.69, 9.17) is 4.74 Å². The number of carbonyl (C=O) groups excluding carboxylic acids is 1. The second-order valence-corrected chi connectivity index (χ2v) is 7.01. The first-order valence-electron chi connectivity index (χ1n) is 8.79. The van der Waals surface area contributed by atoms with Crippen molar-refractivity contribution in [3.05, 3.63) is 35.4 Å². The number of hydrogen-bond acceptors (Lipinski definition) is 3. The smallest absolute Gasteiger partial charge is 0.416 e. The van der Waals surface area contributed by atoms with Crippen LogP contribution >= 0.6 is 0 Å². The molecule has 0 bridgehead atoms. The molecule has 1 aromatic rings. The first-order chi connectivity index (χ1) is 12.4. The standard InChI is InChI=1S/C18H20F3NO3.C2H6/c1-16(2,3)25-15(23)22-11-10-17(24,12-22)9-8-13-4-6-14(7-5-13)18(19,20)21;1-2/h4-7,24H,10-12H2,1-3H3;1-2H3. The van der Waals surface area contributed by atoms with Gasteiger partial charge in [-0.1, -0.05) is 25.7 Å². The van der Waals surface area contributed by atoms with Crippen molar-refractivity contribution in [1.82, 2.24) is 4.90 Å². The Bertz CT molecular complexity index is 696. The molecule has 1 aliphatic heterocycles. The van der Waals surface area contributed by atoms with E-state index in [9.17, 15) is 23.1 Å². The molecule has 1 saturated heterocycles. The van der Waals surface area contributed by atoms with Crippen molar-refractivity contribution < 1.29 is 27.8 Å². The van der Waals surface area contributed by atoms with Crippen molar-refractivity contribution in [3.8, 4) is 11.8 Å². The predicted octanol–water partition coefficient (Wildman–Crippen LogP) is 4.46. The molecule has 1 amide bonds. The van der Waals surface area contributed by atoms with Crippen molar-refractivity contribution in [3.63, 3.8) is 0 Å². The minimum atomic E-state index is -4.40. The Morgan fingerprint density at radius 2 is 1.74 bits per heavy atom. The van der Waals surface area contributed by atoms with Crippen LogP contribution in [0.1, 0.15) is 52.2 Å². The summed E-state index contributed by atoms with van der Waals surface area (Å²) in [4.78, 5) is 13.4. The highest BCUT2D eigenvalue weighted by atomic mass is 19.4. The molecule has 1 aliphatic rings. The first kappa shape index (κ1) is 22.8. The summed E-state index contributed by atoms with van der Waals surface area (Å²) >= 11 is 0. The van der Waals surface area contributed by atoms with E-state index < -0.39 is 29.0 Å². The van der Waals surface area contributed by atoms with E-state index in [-0.39, 0.29) is 13.0 Å². The van der Waals surface area contributed by atoms with E-state index in [1.54, 1.807) is 20.8 Å². The van der Waals surface area contributed by atoms with Crippen LogP contribution in [0.4, 0.5) is 18.0 Å². The molecule has 2 rings (SSSR count). The summed E-state index contributed by atoms with van der Waals surface area (Å²) in [7, 11) is 0. The zero-order valence-electron chi connectivity index (χ0n) is 16.3. The van der Waals surface area contributed by atoms with Crippen LogP contribution in [0.2, 0.25) is 0 Å². The molecule has 1 atom stereocenters. The van der Waals surface area contributed by atoms with Gasteiger partial charge in [0.2, 0.25) is 0 Å². The number of benzene rings is 1. The summed E-state index contributed by atoms with van der Waals surface area (Å²) in [6.45, 7) is 9.54. The summed E-state index contributed by atoms with van der Waals surface area (Å²) in [6, 6.07) is 4.38. The lowest BCUT2D eigenvalue weighted by molar-refractivity contribution is -0.137. The van der Waals surface area contributed by atoms with Crippen molar-refractivity contribution in [2.24, 2.45) is 0 Å². The molecule has 4 nitrogen and oxygen atoms in total. The highest BCUT2D eigenvalue weighted by Gasteiger charge is 2.38. The monoisotopic (exact) mass is 385 g/mol. The summed E-state index contributed by atoms with van der Waals surface area (Å²) in [5.74, 6) is 5.32. The van der Waals surface area contributed by atoms with E-state index in [0.717, 1.165) is 12.1 Å². The number of β-amino-alcohol motifs (C(OH)–C–C–N with tert-alkyl or cyclic N) is 1. The fourth-order valence-electron chi connectivity index (χ4n) is 2.31. The highest BCUT2D eigenvalue weighted by molar-refractivity contribution is 5.69. The van der Waals surface area contributed by atoms with Crippen LogP contribution in [-0.2, 0) is 10.9 Å². The third-order valence-electron chi connectivity index (χ3n) is 3.55. The van der Waals surface area contributed by atoms with Crippen molar-refractivity contribution in [2.75, 3.05) is 13.1 Å². The van der Waals surface area contributed by atoms with Gasteiger partial charge in [-0.3, -0.25) is 0 Å². The SMILES string of the molecule is CC.CC(C)(C)OC(=O)N1CCC(O)(C#Cc2ccc(C(F)(F)F)cc2)C1. The Balaban J connectivity index is 0.00000176. The number of rotatable bonds is 0. The number of amides is 1. The van der Waals surface area contributed by atoms with Gasteiger partial charge in [-0.05, 0) is 45.0 Å². The third kappa shape index (κ3) is 7.14. The molecule has 1 aromatic carbocycles. The molecule has 0 spiro atoms. The van der Waals surface area contributed by atoms with E-state index >= 15 is 0 Å². The molecule has 150 valence electrons. The molecular formula is C20H26F3NO3. The summed E-state index contributed by atoms with van der Waals surface area (Å²) in [5.41, 5.74) is -2.44. The van der Waals surface area contributed by atoms with Crippen LogP contribution in [0.3, 0.4) is 0 Å². The quantitative estimate of drug-likeness (QED) is 0.671. The maximum absolute atomic E-state index is 12.5. The topological polar surface area (TPSA) is 49.8 Å². The number of alkyl halides is 3. The molecule has 1 unspecified atom stereocenters. The number of halogens is 3. The van der Waals surface area contributed by atoms with E-state index in [1.807, 2.05) is 13.8 Å². The molecule has 1 fully saturated rings. The van der Waals surface area contributed by atoms with E-state index in [2.05, 4.69) is 11.8 Å². The molecule has 0 radical (unpaired) electrons. The number of aliphatic hydroxyl groups is 1. The van der Waals surface area contributed by atoms with Gasteiger partial charge in [-0.2, -0.15) is 13.2 Å². The van der Waals surface area contributed by atoms with Gasteiger partial charge in [0, 0.05) is 18.5 Å². The van der Waals surface area contributed by atoms with Gasteiger partial charge in [0.05, 0.1) is 12.1 Å². The Kier molecular flexibility index (Phi) is 7.32. The lowest BCUT2D eigenvalue weighted by Crippen LogP contribution is -2.38.